The average molecular weight is 213 g/mol. The SMILES string of the molecule is C1CN[C@@H]2CNCC[C@H]2C1.Cl.Cl. The first-order valence-electron chi connectivity index (χ1n) is 4.41. The zero-order valence-electron chi connectivity index (χ0n) is 7.21. The number of hydrogen-bond acceptors (Lipinski definition) is 2. The summed E-state index contributed by atoms with van der Waals surface area (Å²) in [6, 6.07) is 0.794. The topological polar surface area (TPSA) is 24.1 Å². The summed E-state index contributed by atoms with van der Waals surface area (Å²) in [4.78, 5) is 0. The number of nitrogens with one attached hydrogen (secondary N) is 2. The van der Waals surface area contributed by atoms with Crippen molar-refractivity contribution in [1.29, 1.82) is 0 Å². The van der Waals surface area contributed by atoms with Crippen LogP contribution in [-0.4, -0.2) is 25.7 Å². The first kappa shape index (κ1) is 12.5. The maximum absolute atomic E-state index is 3.56. The van der Waals surface area contributed by atoms with Crippen LogP contribution in [-0.2, 0) is 0 Å². The molecule has 0 aromatic heterocycles. The van der Waals surface area contributed by atoms with E-state index in [-0.39, 0.29) is 24.8 Å². The standard InChI is InChI=1S/C8H16N2.2ClH/c1-2-7-3-5-9-6-8(7)10-4-1;;/h7-10H,1-6H2;2*1H/t7-,8-;;/m1../s1. The molecule has 4 heteroatoms. The van der Waals surface area contributed by atoms with Crippen molar-refractivity contribution in [1.82, 2.24) is 10.6 Å². The summed E-state index contributed by atoms with van der Waals surface area (Å²) < 4.78 is 0. The zero-order valence-corrected chi connectivity index (χ0v) is 8.85. The van der Waals surface area contributed by atoms with Gasteiger partial charge in [0.1, 0.15) is 0 Å². The van der Waals surface area contributed by atoms with Gasteiger partial charge in [0.25, 0.3) is 0 Å². The van der Waals surface area contributed by atoms with Crippen LogP contribution in [0.3, 0.4) is 0 Å². The molecule has 2 saturated heterocycles. The van der Waals surface area contributed by atoms with Crippen LogP contribution in [0.4, 0.5) is 0 Å². The number of halogens is 2. The summed E-state index contributed by atoms with van der Waals surface area (Å²) in [7, 11) is 0. The minimum Gasteiger partial charge on any atom is -0.315 e. The second kappa shape index (κ2) is 6.03. The van der Waals surface area contributed by atoms with E-state index in [2.05, 4.69) is 10.6 Å². The average Bonchev–Trinajstić information content (AvgIpc) is 2.05. The third kappa shape index (κ3) is 2.77. The van der Waals surface area contributed by atoms with E-state index >= 15 is 0 Å². The molecule has 2 nitrogen and oxygen atoms in total. The van der Waals surface area contributed by atoms with Crippen LogP contribution in [0, 0.1) is 5.92 Å². The fourth-order valence-corrected chi connectivity index (χ4v) is 2.15. The molecule has 2 aliphatic heterocycles. The van der Waals surface area contributed by atoms with Crippen molar-refractivity contribution < 1.29 is 0 Å². The molecular formula is C8H18Cl2N2. The number of rotatable bonds is 0. The summed E-state index contributed by atoms with van der Waals surface area (Å²) >= 11 is 0. The van der Waals surface area contributed by atoms with Gasteiger partial charge in [-0.1, -0.05) is 0 Å². The van der Waals surface area contributed by atoms with E-state index in [1.165, 1.54) is 38.9 Å². The van der Waals surface area contributed by atoms with Crippen molar-refractivity contribution in [2.75, 3.05) is 19.6 Å². The van der Waals surface area contributed by atoms with Gasteiger partial charge in [-0.3, -0.25) is 0 Å². The Morgan fingerprint density at radius 3 is 2.58 bits per heavy atom. The van der Waals surface area contributed by atoms with E-state index in [1.807, 2.05) is 0 Å². The van der Waals surface area contributed by atoms with E-state index in [0.29, 0.717) is 0 Å². The fourth-order valence-electron chi connectivity index (χ4n) is 2.15. The lowest BCUT2D eigenvalue weighted by atomic mass is 9.86. The van der Waals surface area contributed by atoms with Crippen LogP contribution in [0.1, 0.15) is 19.3 Å². The molecule has 0 radical (unpaired) electrons. The molecule has 2 atom stereocenters. The normalized spacial score (nSPS) is 34.0. The van der Waals surface area contributed by atoms with Crippen LogP contribution in [0.15, 0.2) is 0 Å². The zero-order chi connectivity index (χ0) is 6.81. The van der Waals surface area contributed by atoms with E-state index in [1.54, 1.807) is 0 Å². The van der Waals surface area contributed by atoms with Crippen LogP contribution in [0.25, 0.3) is 0 Å². The predicted octanol–water partition coefficient (Wildman–Crippen LogP) is 1.19. The van der Waals surface area contributed by atoms with Crippen LogP contribution in [0.2, 0.25) is 0 Å². The third-order valence-corrected chi connectivity index (χ3v) is 2.78. The van der Waals surface area contributed by atoms with Gasteiger partial charge < -0.3 is 10.6 Å². The molecule has 0 spiro atoms. The molecule has 0 aromatic carbocycles. The predicted molar refractivity (Wildman–Crippen MR) is 56.5 cm³/mol. The second-order valence-corrected chi connectivity index (χ2v) is 3.46. The van der Waals surface area contributed by atoms with E-state index < -0.39 is 0 Å². The van der Waals surface area contributed by atoms with Gasteiger partial charge in [0.05, 0.1) is 0 Å². The van der Waals surface area contributed by atoms with Crippen molar-refractivity contribution in [2.24, 2.45) is 5.92 Å². The largest absolute Gasteiger partial charge is 0.315 e. The van der Waals surface area contributed by atoms with Crippen LogP contribution >= 0.6 is 24.8 Å². The molecule has 2 N–H and O–H groups in total. The highest BCUT2D eigenvalue weighted by atomic mass is 35.5. The lowest BCUT2D eigenvalue weighted by Gasteiger charge is -2.36. The molecule has 2 rings (SSSR count). The molecule has 0 aliphatic carbocycles. The highest BCUT2D eigenvalue weighted by Crippen LogP contribution is 2.21. The van der Waals surface area contributed by atoms with Gasteiger partial charge in [-0.2, -0.15) is 0 Å². The van der Waals surface area contributed by atoms with Crippen molar-refractivity contribution in [3.63, 3.8) is 0 Å². The lowest BCUT2D eigenvalue weighted by Crippen LogP contribution is -2.51. The van der Waals surface area contributed by atoms with Gasteiger partial charge in [-0.15, -0.1) is 24.8 Å². The van der Waals surface area contributed by atoms with Gasteiger partial charge in [-0.05, 0) is 38.3 Å². The summed E-state index contributed by atoms with van der Waals surface area (Å²) in [6.07, 6.45) is 4.23. The van der Waals surface area contributed by atoms with Crippen molar-refractivity contribution >= 4 is 24.8 Å². The van der Waals surface area contributed by atoms with E-state index in [9.17, 15) is 0 Å². The van der Waals surface area contributed by atoms with Crippen LogP contribution < -0.4 is 10.6 Å². The summed E-state index contributed by atoms with van der Waals surface area (Å²) in [5.74, 6) is 0.981. The van der Waals surface area contributed by atoms with Gasteiger partial charge in [0.15, 0.2) is 0 Å². The van der Waals surface area contributed by atoms with Crippen molar-refractivity contribution in [3.05, 3.63) is 0 Å². The molecular weight excluding hydrogens is 195 g/mol. The maximum atomic E-state index is 3.56. The summed E-state index contributed by atoms with van der Waals surface area (Å²) in [5, 5.41) is 6.98. The number of piperidine rings is 2. The molecule has 2 aliphatic rings. The Bertz CT molecular complexity index is 95.6. The molecule has 74 valence electrons. The first-order chi connectivity index (χ1) is 4.97. The Morgan fingerprint density at radius 1 is 1.00 bits per heavy atom. The highest BCUT2D eigenvalue weighted by molar-refractivity contribution is 5.85. The summed E-state index contributed by atoms with van der Waals surface area (Å²) in [6.45, 7) is 3.68. The van der Waals surface area contributed by atoms with E-state index in [0.717, 1.165) is 12.0 Å². The number of fused-ring (bicyclic) bond motifs is 1. The molecule has 0 bridgehead atoms. The van der Waals surface area contributed by atoms with Crippen molar-refractivity contribution in [3.8, 4) is 0 Å². The molecule has 0 unspecified atom stereocenters. The Kier molecular flexibility index (Phi) is 6.28. The molecule has 0 aromatic rings. The molecule has 0 amide bonds. The Labute approximate surface area is 86.7 Å². The minimum atomic E-state index is 0. The fraction of sp³-hybridized carbons (Fsp3) is 1.00. The van der Waals surface area contributed by atoms with Gasteiger partial charge in [-0.25, -0.2) is 0 Å². The maximum Gasteiger partial charge on any atom is 0.0221 e. The molecule has 12 heavy (non-hydrogen) atoms. The minimum absolute atomic E-state index is 0. The van der Waals surface area contributed by atoms with Crippen molar-refractivity contribution in [2.45, 2.75) is 25.3 Å². The molecule has 2 heterocycles. The molecule has 2 fully saturated rings. The van der Waals surface area contributed by atoms with Gasteiger partial charge in [0, 0.05) is 12.6 Å². The highest BCUT2D eigenvalue weighted by Gasteiger charge is 2.26. The lowest BCUT2D eigenvalue weighted by molar-refractivity contribution is 0.225. The monoisotopic (exact) mass is 212 g/mol. The second-order valence-electron chi connectivity index (χ2n) is 3.46. The van der Waals surface area contributed by atoms with Gasteiger partial charge in [0.2, 0.25) is 0 Å². The van der Waals surface area contributed by atoms with Gasteiger partial charge >= 0.3 is 0 Å². The van der Waals surface area contributed by atoms with Crippen LogP contribution in [0.5, 0.6) is 0 Å². The smallest absolute Gasteiger partial charge is 0.0221 e. The Balaban J connectivity index is 0.000000605. The van der Waals surface area contributed by atoms with E-state index in [4.69, 9.17) is 0 Å². The number of hydrogen-bond donors (Lipinski definition) is 2. The third-order valence-electron chi connectivity index (χ3n) is 2.78. The Morgan fingerprint density at radius 2 is 1.83 bits per heavy atom. The molecule has 0 saturated carbocycles. The quantitative estimate of drug-likeness (QED) is 0.631. The first-order valence-corrected chi connectivity index (χ1v) is 4.41. The summed E-state index contributed by atoms with van der Waals surface area (Å²) in [5.41, 5.74) is 0. The Hall–Kier alpha value is 0.500.